The molecule has 0 bridgehead atoms. The highest BCUT2D eigenvalue weighted by Crippen LogP contribution is 2.49. The van der Waals surface area contributed by atoms with Crippen molar-refractivity contribution in [3.8, 4) is 0 Å². The quantitative estimate of drug-likeness (QED) is 0.270. The molecule has 1 aliphatic carbocycles. The summed E-state index contributed by atoms with van der Waals surface area (Å²) in [5.74, 6) is -2.17. The van der Waals surface area contributed by atoms with Crippen LogP contribution < -0.4 is 5.43 Å². The molecule has 7 heteroatoms. The molecule has 7 nitrogen and oxygen atoms in total. The van der Waals surface area contributed by atoms with Crippen LogP contribution in [0.1, 0.15) is 23.0 Å². The summed E-state index contributed by atoms with van der Waals surface area (Å²) in [5.41, 5.74) is 5.22. The zero-order valence-corrected chi connectivity index (χ0v) is 17.6. The van der Waals surface area contributed by atoms with E-state index in [0.29, 0.717) is 5.69 Å². The molecular formula is C26H21N3O4. The molecule has 0 spiro atoms. The third kappa shape index (κ3) is 3.67. The van der Waals surface area contributed by atoms with E-state index in [2.05, 4.69) is 5.43 Å². The fraction of sp³-hybridized carbons (Fsp3) is 0.154. The molecule has 0 unspecified atom stereocenters. The minimum Gasteiger partial charge on any atom is -0.289 e. The lowest BCUT2D eigenvalue weighted by Crippen LogP contribution is -2.37. The zero-order chi connectivity index (χ0) is 22.9. The van der Waals surface area contributed by atoms with Gasteiger partial charge in [-0.15, -0.1) is 0 Å². The van der Waals surface area contributed by atoms with Crippen LogP contribution in [-0.2, 0) is 9.59 Å². The van der Waals surface area contributed by atoms with E-state index in [-0.39, 0.29) is 29.3 Å². The second-order valence-corrected chi connectivity index (χ2v) is 8.24. The van der Waals surface area contributed by atoms with Crippen molar-refractivity contribution in [2.75, 3.05) is 5.43 Å². The number of non-ortho nitro benzene ring substituents is 1. The normalized spacial score (nSPS) is 23.9. The molecule has 164 valence electrons. The van der Waals surface area contributed by atoms with Crippen LogP contribution in [0, 0.1) is 22.0 Å². The van der Waals surface area contributed by atoms with Crippen molar-refractivity contribution in [1.82, 2.24) is 5.01 Å². The van der Waals surface area contributed by atoms with E-state index in [0.717, 1.165) is 16.1 Å². The van der Waals surface area contributed by atoms with Crippen LogP contribution in [0.2, 0.25) is 0 Å². The molecule has 2 amide bonds. The minimum atomic E-state index is -0.555. The Bertz CT molecular complexity index is 1160. The number of nitrogens with one attached hydrogen (secondary N) is 1. The maximum Gasteiger partial charge on any atom is 0.269 e. The number of imide groups is 1. The highest BCUT2D eigenvalue weighted by Gasteiger charge is 2.55. The standard InChI is InChI=1S/C26H21N3O4/c30-25-23-21(17-7-3-1-4-8-17)15-16-22(18-9-5-2-6-10-18)24(23)26(31)28(25)27-19-11-13-20(14-12-19)29(32)33/h1-16,21-24,27H/t21-,22-,23+,24+/m0/s1. The molecule has 0 radical (unpaired) electrons. The Morgan fingerprint density at radius 1 is 0.697 bits per heavy atom. The van der Waals surface area contributed by atoms with Gasteiger partial charge in [-0.3, -0.25) is 25.1 Å². The molecule has 0 aromatic heterocycles. The van der Waals surface area contributed by atoms with Gasteiger partial charge >= 0.3 is 0 Å². The third-order valence-corrected chi connectivity index (χ3v) is 6.39. The number of amides is 2. The first-order chi connectivity index (χ1) is 16.0. The molecule has 5 rings (SSSR count). The lowest BCUT2D eigenvalue weighted by molar-refractivity contribution is -0.384. The van der Waals surface area contributed by atoms with Gasteiger partial charge in [-0.05, 0) is 23.3 Å². The Kier molecular flexibility index (Phi) is 5.22. The van der Waals surface area contributed by atoms with E-state index in [1.165, 1.54) is 24.3 Å². The number of anilines is 1. The number of allylic oxidation sites excluding steroid dienone is 2. The molecule has 33 heavy (non-hydrogen) atoms. The van der Waals surface area contributed by atoms with E-state index in [1.807, 2.05) is 72.8 Å². The molecule has 1 aliphatic heterocycles. The molecule has 1 fully saturated rings. The van der Waals surface area contributed by atoms with Gasteiger partial charge in [0.1, 0.15) is 0 Å². The average Bonchev–Trinajstić information content (AvgIpc) is 3.10. The van der Waals surface area contributed by atoms with Gasteiger partial charge in [0.15, 0.2) is 0 Å². The summed E-state index contributed by atoms with van der Waals surface area (Å²) in [4.78, 5) is 37.6. The van der Waals surface area contributed by atoms with E-state index in [4.69, 9.17) is 0 Å². The Balaban J connectivity index is 1.52. The van der Waals surface area contributed by atoms with Gasteiger partial charge in [0.25, 0.3) is 17.5 Å². The van der Waals surface area contributed by atoms with Crippen LogP contribution in [0.5, 0.6) is 0 Å². The summed E-state index contributed by atoms with van der Waals surface area (Å²) in [5, 5.41) is 12.0. The summed E-state index contributed by atoms with van der Waals surface area (Å²) in [6.45, 7) is 0. The number of nitro benzene ring substituents is 1. The van der Waals surface area contributed by atoms with E-state index in [9.17, 15) is 19.7 Å². The summed E-state index contributed by atoms with van der Waals surface area (Å²) in [6, 6.07) is 25.1. The number of hydrazine groups is 1. The second-order valence-electron chi connectivity index (χ2n) is 8.24. The van der Waals surface area contributed by atoms with Crippen LogP contribution in [0.3, 0.4) is 0 Å². The predicted molar refractivity (Wildman–Crippen MR) is 123 cm³/mol. The topological polar surface area (TPSA) is 92.6 Å². The third-order valence-electron chi connectivity index (χ3n) is 6.39. The minimum absolute atomic E-state index is 0.0641. The number of carbonyl (C=O) groups is 2. The molecule has 0 saturated carbocycles. The first-order valence-electron chi connectivity index (χ1n) is 10.7. The first-order valence-corrected chi connectivity index (χ1v) is 10.7. The molecule has 1 heterocycles. The van der Waals surface area contributed by atoms with Gasteiger partial charge in [-0.2, -0.15) is 5.01 Å². The number of nitrogens with zero attached hydrogens (tertiary/aromatic N) is 2. The predicted octanol–water partition coefficient (Wildman–Crippen LogP) is 4.66. The van der Waals surface area contributed by atoms with Gasteiger partial charge < -0.3 is 0 Å². The number of rotatable bonds is 5. The maximum absolute atomic E-state index is 13.6. The van der Waals surface area contributed by atoms with Gasteiger partial charge in [0.05, 0.1) is 22.4 Å². The summed E-state index contributed by atoms with van der Waals surface area (Å²) >= 11 is 0. The van der Waals surface area contributed by atoms with Gasteiger partial charge in [0.2, 0.25) is 0 Å². The van der Waals surface area contributed by atoms with E-state index >= 15 is 0 Å². The average molecular weight is 439 g/mol. The maximum atomic E-state index is 13.6. The van der Waals surface area contributed by atoms with Gasteiger partial charge in [-0.1, -0.05) is 72.8 Å². The fourth-order valence-electron chi connectivity index (χ4n) is 4.83. The molecule has 1 saturated heterocycles. The summed E-state index contributed by atoms with van der Waals surface area (Å²) in [6.07, 6.45) is 4.07. The highest BCUT2D eigenvalue weighted by molar-refractivity contribution is 6.07. The number of carbonyl (C=O) groups excluding carboxylic acids is 2. The fourth-order valence-corrected chi connectivity index (χ4v) is 4.83. The van der Waals surface area contributed by atoms with Crippen molar-refractivity contribution >= 4 is 23.2 Å². The molecule has 3 aromatic rings. The Morgan fingerprint density at radius 2 is 1.15 bits per heavy atom. The van der Waals surface area contributed by atoms with Crippen molar-refractivity contribution < 1.29 is 14.5 Å². The first kappa shape index (κ1) is 20.6. The van der Waals surface area contributed by atoms with Crippen molar-refractivity contribution in [3.63, 3.8) is 0 Å². The van der Waals surface area contributed by atoms with E-state index in [1.54, 1.807) is 0 Å². The largest absolute Gasteiger partial charge is 0.289 e. The van der Waals surface area contributed by atoms with Crippen molar-refractivity contribution in [1.29, 1.82) is 0 Å². The smallest absolute Gasteiger partial charge is 0.269 e. The van der Waals surface area contributed by atoms with Crippen LogP contribution in [0.15, 0.2) is 97.1 Å². The number of hydrogen-bond donors (Lipinski definition) is 1. The summed E-state index contributed by atoms with van der Waals surface area (Å²) < 4.78 is 0. The number of hydrogen-bond acceptors (Lipinski definition) is 5. The van der Waals surface area contributed by atoms with Gasteiger partial charge in [-0.25, -0.2) is 0 Å². The lowest BCUT2D eigenvalue weighted by atomic mass is 9.68. The highest BCUT2D eigenvalue weighted by atomic mass is 16.6. The SMILES string of the molecule is O=C1[C@H]2[C@H](C(=O)N1Nc1ccc([N+](=O)[O-])cc1)[C@H](c1ccccc1)C=C[C@H]2c1ccccc1. The number of fused-ring (bicyclic) bond motifs is 1. The summed E-state index contributed by atoms with van der Waals surface area (Å²) in [7, 11) is 0. The van der Waals surface area contributed by atoms with Crippen molar-refractivity contribution in [2.45, 2.75) is 11.8 Å². The van der Waals surface area contributed by atoms with Crippen LogP contribution in [-0.4, -0.2) is 21.7 Å². The zero-order valence-electron chi connectivity index (χ0n) is 17.6. The van der Waals surface area contributed by atoms with Crippen molar-refractivity contribution in [2.24, 2.45) is 11.8 Å². The Morgan fingerprint density at radius 3 is 1.58 bits per heavy atom. The Hall–Kier alpha value is -4.26. The second kappa shape index (κ2) is 8.35. The monoisotopic (exact) mass is 439 g/mol. The van der Waals surface area contributed by atoms with E-state index < -0.39 is 16.8 Å². The Labute approximate surface area is 190 Å². The van der Waals surface area contributed by atoms with Crippen molar-refractivity contribution in [3.05, 3.63) is 118 Å². The van der Waals surface area contributed by atoms with Gasteiger partial charge in [0, 0.05) is 24.0 Å². The molecule has 2 aliphatic rings. The molecule has 1 N–H and O–H groups in total. The molecule has 4 atom stereocenters. The molecule has 3 aromatic carbocycles. The number of nitro groups is 1. The number of benzene rings is 3. The molecular weight excluding hydrogens is 418 g/mol. The van der Waals surface area contributed by atoms with Crippen LogP contribution in [0.4, 0.5) is 11.4 Å². The van der Waals surface area contributed by atoms with Crippen LogP contribution in [0.25, 0.3) is 0 Å². The lowest BCUT2D eigenvalue weighted by Gasteiger charge is -2.32. The van der Waals surface area contributed by atoms with Crippen LogP contribution >= 0.6 is 0 Å².